The van der Waals surface area contributed by atoms with Crippen LogP contribution >= 0.6 is 0 Å². The summed E-state index contributed by atoms with van der Waals surface area (Å²) in [5, 5.41) is 0. The fourth-order valence-corrected chi connectivity index (χ4v) is 5.43. The molecule has 0 radical (unpaired) electrons. The molecule has 28 heavy (non-hydrogen) atoms. The topological polar surface area (TPSA) is 26.8 Å². The maximum absolute atomic E-state index is 13.2. The van der Waals surface area contributed by atoms with Crippen molar-refractivity contribution in [3.63, 3.8) is 0 Å². The third-order valence-electron chi connectivity index (χ3n) is 7.29. The van der Waals surface area contributed by atoms with Gasteiger partial charge in [0.05, 0.1) is 0 Å². The first kappa shape index (κ1) is 19.7. The molecule has 154 valence electrons. The average Bonchev–Trinajstić information content (AvgIpc) is 3.28. The van der Waals surface area contributed by atoms with Crippen LogP contribution in [0.15, 0.2) is 24.3 Å². The molecule has 4 nitrogen and oxygen atoms in total. The predicted molar refractivity (Wildman–Crippen MR) is 111 cm³/mol. The van der Waals surface area contributed by atoms with Gasteiger partial charge >= 0.3 is 0 Å². The third kappa shape index (κ3) is 4.35. The second-order valence-electron chi connectivity index (χ2n) is 8.89. The maximum atomic E-state index is 13.2. The Kier molecular flexibility index (Phi) is 6.19. The molecule has 0 bridgehead atoms. The largest absolute Gasteiger partial charge is 0.372 e. The number of halogens is 1. The molecular formula is C23H34FN3O. The number of nitrogens with zero attached hydrogens (tertiary/aromatic N) is 3. The SMILES string of the molecule is CN(c1ccc(F)cc1)C1CCC(C(=O)N2CCN(C3CCCC3)CC2)CC1. The molecule has 1 aromatic carbocycles. The van der Waals surface area contributed by atoms with Crippen molar-refractivity contribution in [3.05, 3.63) is 30.1 Å². The lowest BCUT2D eigenvalue weighted by Crippen LogP contribution is -2.53. The van der Waals surface area contributed by atoms with Crippen LogP contribution in [0.3, 0.4) is 0 Å². The van der Waals surface area contributed by atoms with Crippen molar-refractivity contribution < 1.29 is 9.18 Å². The Morgan fingerprint density at radius 3 is 2.14 bits per heavy atom. The van der Waals surface area contributed by atoms with Gasteiger partial charge in [0.15, 0.2) is 0 Å². The van der Waals surface area contributed by atoms with Crippen molar-refractivity contribution in [2.24, 2.45) is 5.92 Å². The molecule has 4 rings (SSSR count). The van der Waals surface area contributed by atoms with Gasteiger partial charge in [-0.3, -0.25) is 9.69 Å². The van der Waals surface area contributed by atoms with Crippen LogP contribution in [0.4, 0.5) is 10.1 Å². The summed E-state index contributed by atoms with van der Waals surface area (Å²) in [7, 11) is 2.09. The summed E-state index contributed by atoms with van der Waals surface area (Å²) < 4.78 is 13.2. The van der Waals surface area contributed by atoms with E-state index in [1.165, 1.54) is 37.8 Å². The molecule has 1 aromatic rings. The third-order valence-corrected chi connectivity index (χ3v) is 7.29. The van der Waals surface area contributed by atoms with Gasteiger partial charge < -0.3 is 9.80 Å². The Morgan fingerprint density at radius 2 is 1.54 bits per heavy atom. The summed E-state index contributed by atoms with van der Waals surface area (Å²) in [6, 6.07) is 7.94. The molecule has 1 aliphatic heterocycles. The van der Waals surface area contributed by atoms with E-state index in [9.17, 15) is 9.18 Å². The van der Waals surface area contributed by atoms with Gasteiger partial charge in [-0.1, -0.05) is 12.8 Å². The Balaban J connectivity index is 1.24. The lowest BCUT2D eigenvalue weighted by atomic mass is 9.84. The summed E-state index contributed by atoms with van der Waals surface area (Å²) in [6.45, 7) is 3.92. The molecule has 1 saturated heterocycles. The summed E-state index contributed by atoms with van der Waals surface area (Å²) in [5.74, 6) is 0.379. The number of hydrogen-bond acceptors (Lipinski definition) is 3. The Hall–Kier alpha value is -1.62. The molecule has 0 aromatic heterocycles. The van der Waals surface area contributed by atoms with Crippen LogP contribution in [-0.4, -0.2) is 61.0 Å². The Labute approximate surface area is 168 Å². The summed E-state index contributed by atoms with van der Waals surface area (Å²) in [5.41, 5.74) is 1.05. The number of anilines is 1. The number of carbonyl (C=O) groups is 1. The Bertz CT molecular complexity index is 642. The van der Waals surface area contributed by atoms with Crippen molar-refractivity contribution in [3.8, 4) is 0 Å². The van der Waals surface area contributed by atoms with Crippen LogP contribution in [0.2, 0.25) is 0 Å². The second kappa shape index (κ2) is 8.81. The van der Waals surface area contributed by atoms with Crippen molar-refractivity contribution in [2.45, 2.75) is 63.5 Å². The number of benzene rings is 1. The monoisotopic (exact) mass is 387 g/mol. The van der Waals surface area contributed by atoms with E-state index >= 15 is 0 Å². The lowest BCUT2D eigenvalue weighted by Gasteiger charge is -2.41. The first-order chi connectivity index (χ1) is 13.6. The summed E-state index contributed by atoms with van der Waals surface area (Å²) in [6.07, 6.45) is 9.45. The van der Waals surface area contributed by atoms with E-state index in [2.05, 4.69) is 21.7 Å². The van der Waals surface area contributed by atoms with Crippen molar-refractivity contribution >= 4 is 11.6 Å². The molecular weight excluding hydrogens is 353 g/mol. The summed E-state index contributed by atoms with van der Waals surface area (Å²) in [4.78, 5) is 20.0. The van der Waals surface area contributed by atoms with Crippen LogP contribution < -0.4 is 4.90 Å². The number of piperazine rings is 1. The number of rotatable bonds is 4. The summed E-state index contributed by atoms with van der Waals surface area (Å²) >= 11 is 0. The van der Waals surface area contributed by atoms with Gasteiger partial charge in [-0.05, 0) is 62.8 Å². The quantitative estimate of drug-likeness (QED) is 0.784. The molecule has 5 heteroatoms. The minimum absolute atomic E-state index is 0.191. The van der Waals surface area contributed by atoms with E-state index in [0.717, 1.165) is 63.6 Å². The number of amides is 1. The zero-order chi connectivity index (χ0) is 19.5. The van der Waals surface area contributed by atoms with E-state index in [-0.39, 0.29) is 11.7 Å². The molecule has 3 aliphatic rings. The van der Waals surface area contributed by atoms with Gasteiger partial charge in [0.1, 0.15) is 5.82 Å². The first-order valence-electron chi connectivity index (χ1n) is 11.1. The molecule has 0 N–H and O–H groups in total. The molecule has 1 amide bonds. The van der Waals surface area contributed by atoms with Gasteiger partial charge in [0.2, 0.25) is 5.91 Å². The Morgan fingerprint density at radius 1 is 0.929 bits per heavy atom. The number of hydrogen-bond donors (Lipinski definition) is 0. The fourth-order valence-electron chi connectivity index (χ4n) is 5.43. The van der Waals surface area contributed by atoms with E-state index in [0.29, 0.717) is 11.9 Å². The van der Waals surface area contributed by atoms with Crippen molar-refractivity contribution in [2.75, 3.05) is 38.1 Å². The minimum atomic E-state index is -0.195. The van der Waals surface area contributed by atoms with E-state index in [1.807, 2.05) is 12.1 Å². The van der Waals surface area contributed by atoms with Crippen molar-refractivity contribution in [1.29, 1.82) is 0 Å². The maximum Gasteiger partial charge on any atom is 0.225 e. The number of carbonyl (C=O) groups excluding carboxylic acids is 1. The molecule has 1 heterocycles. The fraction of sp³-hybridized carbons (Fsp3) is 0.696. The van der Waals surface area contributed by atoms with Gasteiger partial charge in [0, 0.05) is 56.9 Å². The zero-order valence-corrected chi connectivity index (χ0v) is 17.2. The minimum Gasteiger partial charge on any atom is -0.372 e. The first-order valence-corrected chi connectivity index (χ1v) is 11.1. The highest BCUT2D eigenvalue weighted by molar-refractivity contribution is 5.79. The molecule has 2 saturated carbocycles. The van der Waals surface area contributed by atoms with Crippen LogP contribution in [0.5, 0.6) is 0 Å². The van der Waals surface area contributed by atoms with E-state index in [1.54, 1.807) is 0 Å². The molecule has 3 fully saturated rings. The van der Waals surface area contributed by atoms with Crippen LogP contribution in [0.1, 0.15) is 51.4 Å². The predicted octanol–water partition coefficient (Wildman–Crippen LogP) is 3.91. The standard InChI is InChI=1S/C23H34FN3O/c1-25(21-12-8-19(24)9-13-21)20-10-6-18(7-11-20)23(28)27-16-14-26(15-17-27)22-4-2-3-5-22/h8-9,12-13,18,20,22H,2-7,10-11,14-17H2,1H3. The zero-order valence-electron chi connectivity index (χ0n) is 17.2. The van der Waals surface area contributed by atoms with Gasteiger partial charge in [-0.15, -0.1) is 0 Å². The van der Waals surface area contributed by atoms with E-state index < -0.39 is 0 Å². The van der Waals surface area contributed by atoms with Gasteiger partial charge in [-0.2, -0.15) is 0 Å². The van der Waals surface area contributed by atoms with Gasteiger partial charge in [0.25, 0.3) is 0 Å². The highest BCUT2D eigenvalue weighted by Gasteiger charge is 2.33. The van der Waals surface area contributed by atoms with Crippen LogP contribution in [0, 0.1) is 11.7 Å². The molecule has 0 unspecified atom stereocenters. The molecule has 0 atom stereocenters. The average molecular weight is 388 g/mol. The van der Waals surface area contributed by atoms with Crippen molar-refractivity contribution in [1.82, 2.24) is 9.80 Å². The molecule has 0 spiro atoms. The highest BCUT2D eigenvalue weighted by Crippen LogP contribution is 2.31. The van der Waals surface area contributed by atoms with E-state index in [4.69, 9.17) is 0 Å². The smallest absolute Gasteiger partial charge is 0.225 e. The highest BCUT2D eigenvalue weighted by atomic mass is 19.1. The van der Waals surface area contributed by atoms with Crippen LogP contribution in [0.25, 0.3) is 0 Å². The normalized spacial score (nSPS) is 27.1. The molecule has 2 aliphatic carbocycles. The lowest BCUT2D eigenvalue weighted by molar-refractivity contribution is -0.138. The van der Waals surface area contributed by atoms with Gasteiger partial charge in [-0.25, -0.2) is 4.39 Å². The van der Waals surface area contributed by atoms with Crippen LogP contribution in [-0.2, 0) is 4.79 Å². The second-order valence-corrected chi connectivity index (χ2v) is 8.89.